The first kappa shape index (κ1) is 15.8. The number of piperidine rings is 1. The van der Waals surface area contributed by atoms with Crippen LogP contribution in [-0.2, 0) is 4.74 Å². The summed E-state index contributed by atoms with van der Waals surface area (Å²) < 4.78 is 5.01. The number of hydrogen-bond acceptors (Lipinski definition) is 5. The van der Waals surface area contributed by atoms with Crippen LogP contribution in [0.3, 0.4) is 0 Å². The van der Waals surface area contributed by atoms with Crippen LogP contribution in [0.15, 0.2) is 0 Å². The average molecular weight is 313 g/mol. The summed E-state index contributed by atoms with van der Waals surface area (Å²) in [5.74, 6) is 0.620. The fraction of sp³-hybridized carbons (Fsp3) is 0.643. The molecular formula is C14H21ClN4O2. The van der Waals surface area contributed by atoms with Gasteiger partial charge in [-0.05, 0) is 33.6 Å². The van der Waals surface area contributed by atoms with E-state index in [-0.39, 0.29) is 12.1 Å². The van der Waals surface area contributed by atoms with Gasteiger partial charge in [0.05, 0.1) is 18.0 Å². The zero-order valence-electron chi connectivity index (χ0n) is 12.6. The van der Waals surface area contributed by atoms with Gasteiger partial charge in [0.25, 0.3) is 0 Å². The van der Waals surface area contributed by atoms with Gasteiger partial charge in [-0.1, -0.05) is 11.6 Å². The van der Waals surface area contributed by atoms with Crippen molar-refractivity contribution >= 4 is 23.5 Å². The van der Waals surface area contributed by atoms with Crippen molar-refractivity contribution in [1.82, 2.24) is 14.9 Å². The summed E-state index contributed by atoms with van der Waals surface area (Å²) >= 11 is 6.12. The van der Waals surface area contributed by atoms with Gasteiger partial charge in [0.2, 0.25) is 0 Å². The van der Waals surface area contributed by atoms with Gasteiger partial charge in [-0.3, -0.25) is 0 Å². The number of halogens is 1. The van der Waals surface area contributed by atoms with E-state index in [0.717, 1.165) is 24.2 Å². The highest BCUT2D eigenvalue weighted by molar-refractivity contribution is 6.31. The third-order valence-electron chi connectivity index (χ3n) is 3.63. The molecule has 1 aliphatic heterocycles. The lowest BCUT2D eigenvalue weighted by Crippen LogP contribution is -2.42. The molecule has 21 heavy (non-hydrogen) atoms. The predicted molar refractivity (Wildman–Crippen MR) is 81.8 cm³/mol. The van der Waals surface area contributed by atoms with Crippen LogP contribution >= 0.6 is 11.6 Å². The number of anilines is 1. The highest BCUT2D eigenvalue weighted by atomic mass is 35.5. The van der Waals surface area contributed by atoms with E-state index in [4.69, 9.17) is 16.3 Å². The maximum absolute atomic E-state index is 11.6. The molecule has 1 aliphatic rings. The lowest BCUT2D eigenvalue weighted by atomic mass is 10.1. The van der Waals surface area contributed by atoms with Crippen molar-refractivity contribution in [3.05, 3.63) is 16.5 Å². The van der Waals surface area contributed by atoms with E-state index in [1.165, 1.54) is 0 Å². The Morgan fingerprint density at radius 1 is 1.33 bits per heavy atom. The van der Waals surface area contributed by atoms with Gasteiger partial charge in [-0.15, -0.1) is 0 Å². The monoisotopic (exact) mass is 312 g/mol. The van der Waals surface area contributed by atoms with Gasteiger partial charge in [0.15, 0.2) is 11.0 Å². The minimum absolute atomic E-state index is 0.236. The molecule has 0 unspecified atom stereocenters. The van der Waals surface area contributed by atoms with Crippen molar-refractivity contribution < 1.29 is 9.53 Å². The van der Waals surface area contributed by atoms with Gasteiger partial charge >= 0.3 is 6.09 Å². The molecule has 0 spiro atoms. The Labute approximate surface area is 129 Å². The SMILES string of the molecule is CCOC(=O)N1CCC(Nc2nc(C)c(C)nc2Cl)CC1. The molecule has 1 aromatic rings. The van der Waals surface area contributed by atoms with Crippen LogP contribution in [0.4, 0.5) is 10.6 Å². The number of hydrogen-bond donors (Lipinski definition) is 1. The Kier molecular flexibility index (Phi) is 5.22. The zero-order valence-corrected chi connectivity index (χ0v) is 13.4. The topological polar surface area (TPSA) is 67.3 Å². The maximum Gasteiger partial charge on any atom is 0.409 e. The molecule has 1 amide bonds. The minimum Gasteiger partial charge on any atom is -0.450 e. The Bertz CT molecular complexity index is 516. The summed E-state index contributed by atoms with van der Waals surface area (Å²) in [7, 11) is 0. The molecule has 2 heterocycles. The maximum atomic E-state index is 11.6. The second-order valence-corrected chi connectivity index (χ2v) is 5.50. The van der Waals surface area contributed by atoms with Crippen LogP contribution in [0.5, 0.6) is 0 Å². The molecule has 6 nitrogen and oxygen atoms in total. The van der Waals surface area contributed by atoms with Crippen molar-refractivity contribution in [1.29, 1.82) is 0 Å². The van der Waals surface area contributed by atoms with E-state index >= 15 is 0 Å². The van der Waals surface area contributed by atoms with Crippen molar-refractivity contribution in [3.8, 4) is 0 Å². The molecule has 0 saturated carbocycles. The van der Waals surface area contributed by atoms with Crippen LogP contribution < -0.4 is 5.32 Å². The van der Waals surface area contributed by atoms with Crippen molar-refractivity contribution in [3.63, 3.8) is 0 Å². The zero-order chi connectivity index (χ0) is 15.4. The molecule has 0 atom stereocenters. The number of aromatic nitrogens is 2. The van der Waals surface area contributed by atoms with E-state index < -0.39 is 0 Å². The first-order valence-electron chi connectivity index (χ1n) is 7.20. The van der Waals surface area contributed by atoms with Gasteiger partial charge in [-0.2, -0.15) is 0 Å². The summed E-state index contributed by atoms with van der Waals surface area (Å²) in [5.41, 5.74) is 1.70. The number of ether oxygens (including phenoxy) is 1. The number of nitrogens with zero attached hydrogens (tertiary/aromatic N) is 3. The largest absolute Gasteiger partial charge is 0.450 e. The van der Waals surface area contributed by atoms with Crippen LogP contribution in [0.25, 0.3) is 0 Å². The summed E-state index contributed by atoms with van der Waals surface area (Å²) in [4.78, 5) is 22.1. The molecule has 2 rings (SSSR count). The number of carbonyl (C=O) groups excluding carboxylic acids is 1. The third kappa shape index (κ3) is 3.97. The third-order valence-corrected chi connectivity index (χ3v) is 3.89. The summed E-state index contributed by atoms with van der Waals surface area (Å²) in [6.07, 6.45) is 1.44. The quantitative estimate of drug-likeness (QED) is 0.929. The fourth-order valence-corrected chi connectivity index (χ4v) is 2.51. The van der Waals surface area contributed by atoms with E-state index in [9.17, 15) is 4.79 Å². The molecule has 0 radical (unpaired) electrons. The van der Waals surface area contributed by atoms with E-state index in [1.807, 2.05) is 20.8 Å². The van der Waals surface area contributed by atoms with Crippen molar-refractivity contribution in [2.24, 2.45) is 0 Å². The summed E-state index contributed by atoms with van der Waals surface area (Å²) in [6.45, 7) is 7.36. The number of likely N-dealkylation sites (tertiary alicyclic amines) is 1. The molecule has 1 aromatic heterocycles. The van der Waals surface area contributed by atoms with Gasteiger partial charge < -0.3 is 15.0 Å². The van der Waals surface area contributed by atoms with Gasteiger partial charge in [0.1, 0.15) is 0 Å². The normalized spacial score (nSPS) is 15.9. The van der Waals surface area contributed by atoms with E-state index in [2.05, 4.69) is 15.3 Å². The number of carbonyl (C=O) groups is 1. The fourth-order valence-electron chi connectivity index (χ4n) is 2.28. The predicted octanol–water partition coefficient (Wildman–Crippen LogP) is 2.78. The van der Waals surface area contributed by atoms with E-state index in [1.54, 1.807) is 4.90 Å². The standard InChI is InChI=1S/C14H21ClN4O2/c1-4-21-14(20)19-7-5-11(6-8-19)18-13-12(15)16-9(2)10(3)17-13/h11H,4-8H2,1-3H3,(H,17,18). The molecule has 0 aromatic carbocycles. The molecule has 7 heteroatoms. The Morgan fingerprint density at radius 2 is 1.95 bits per heavy atom. The molecule has 1 saturated heterocycles. The highest BCUT2D eigenvalue weighted by Crippen LogP contribution is 2.22. The summed E-state index contributed by atoms with van der Waals surface area (Å²) in [6, 6.07) is 0.240. The second-order valence-electron chi connectivity index (χ2n) is 5.14. The van der Waals surface area contributed by atoms with Crippen LogP contribution in [0.1, 0.15) is 31.2 Å². The molecule has 116 valence electrons. The van der Waals surface area contributed by atoms with Gasteiger partial charge in [-0.25, -0.2) is 14.8 Å². The first-order valence-corrected chi connectivity index (χ1v) is 7.58. The lowest BCUT2D eigenvalue weighted by Gasteiger charge is -2.32. The molecule has 1 N–H and O–H groups in total. The van der Waals surface area contributed by atoms with Crippen LogP contribution in [0.2, 0.25) is 5.15 Å². The Hall–Kier alpha value is -1.56. The number of nitrogens with one attached hydrogen (secondary N) is 1. The average Bonchev–Trinajstić information content (AvgIpc) is 2.46. The number of amides is 1. The first-order chi connectivity index (χ1) is 10.0. The number of aryl methyl sites for hydroxylation is 2. The minimum atomic E-state index is -0.236. The van der Waals surface area contributed by atoms with E-state index in [0.29, 0.717) is 30.7 Å². The number of rotatable bonds is 3. The van der Waals surface area contributed by atoms with Gasteiger partial charge in [0, 0.05) is 19.1 Å². The second kappa shape index (κ2) is 6.93. The van der Waals surface area contributed by atoms with Crippen LogP contribution in [0, 0.1) is 13.8 Å². The van der Waals surface area contributed by atoms with Crippen LogP contribution in [-0.4, -0.2) is 46.7 Å². The summed E-state index contributed by atoms with van der Waals surface area (Å²) in [5, 5.41) is 3.72. The highest BCUT2D eigenvalue weighted by Gasteiger charge is 2.24. The lowest BCUT2D eigenvalue weighted by molar-refractivity contribution is 0.0983. The Balaban J connectivity index is 1.92. The molecule has 0 bridgehead atoms. The molecule has 1 fully saturated rings. The van der Waals surface area contributed by atoms with Crippen molar-refractivity contribution in [2.45, 2.75) is 39.7 Å². The molecule has 0 aliphatic carbocycles. The Morgan fingerprint density at radius 3 is 2.57 bits per heavy atom. The smallest absolute Gasteiger partial charge is 0.409 e. The molecular weight excluding hydrogens is 292 g/mol. The van der Waals surface area contributed by atoms with Crippen molar-refractivity contribution in [2.75, 3.05) is 25.0 Å².